The Kier molecular flexibility index (Phi) is 6.80. The van der Waals surface area contributed by atoms with E-state index in [1.165, 1.54) is 0 Å². The van der Waals surface area contributed by atoms with Crippen molar-refractivity contribution < 1.29 is 13.2 Å². The molecule has 8 nitrogen and oxygen atoms in total. The maximum Gasteiger partial charge on any atom is 0.245 e. The van der Waals surface area contributed by atoms with Crippen LogP contribution in [-0.4, -0.2) is 72.3 Å². The van der Waals surface area contributed by atoms with Crippen LogP contribution in [0.25, 0.3) is 10.9 Å². The van der Waals surface area contributed by atoms with Gasteiger partial charge in [0.15, 0.2) is 0 Å². The van der Waals surface area contributed by atoms with Gasteiger partial charge >= 0.3 is 0 Å². The number of piperazine rings is 1. The average Bonchev–Trinajstić information content (AvgIpc) is 3.11. The first-order chi connectivity index (χ1) is 16.9. The first kappa shape index (κ1) is 23.8. The highest BCUT2D eigenvalue weighted by atomic mass is 32.2. The zero-order chi connectivity index (χ0) is 24.4. The number of anilines is 1. The number of rotatable bonds is 5. The van der Waals surface area contributed by atoms with Crippen LogP contribution in [0.1, 0.15) is 38.6 Å². The lowest BCUT2D eigenvalue weighted by atomic mass is 10.2. The fourth-order valence-electron chi connectivity index (χ4n) is 5.15. The predicted molar refractivity (Wildman–Crippen MR) is 137 cm³/mol. The number of amides is 1. The van der Waals surface area contributed by atoms with Crippen molar-refractivity contribution in [3.05, 3.63) is 54.9 Å². The lowest BCUT2D eigenvalue weighted by Crippen LogP contribution is -2.50. The second-order valence-electron chi connectivity index (χ2n) is 9.44. The number of carbonyl (C=O) groups is 1. The SMILES string of the molecule is C[C@H](C(=O)N1CCN(c2ccccn2)CC1)n1ccc2cc(S(=O)(=O)N3CCCCCC3)ccc21. The maximum absolute atomic E-state index is 13.3. The Hall–Kier alpha value is -2.91. The molecular formula is C26H33N5O3S. The Labute approximate surface area is 207 Å². The molecule has 1 atom stereocenters. The molecule has 186 valence electrons. The highest BCUT2D eigenvalue weighted by molar-refractivity contribution is 7.89. The summed E-state index contributed by atoms with van der Waals surface area (Å²) < 4.78 is 30.0. The molecule has 2 fully saturated rings. The number of benzene rings is 1. The second kappa shape index (κ2) is 9.99. The Balaban J connectivity index is 1.30. The molecule has 0 unspecified atom stereocenters. The molecular weight excluding hydrogens is 462 g/mol. The molecule has 0 aliphatic carbocycles. The minimum Gasteiger partial charge on any atom is -0.353 e. The Morgan fingerprint density at radius 3 is 2.34 bits per heavy atom. The summed E-state index contributed by atoms with van der Waals surface area (Å²) in [4.78, 5) is 22.2. The molecule has 35 heavy (non-hydrogen) atoms. The molecule has 2 saturated heterocycles. The van der Waals surface area contributed by atoms with Crippen molar-refractivity contribution in [1.29, 1.82) is 0 Å². The van der Waals surface area contributed by atoms with Crippen molar-refractivity contribution in [3.8, 4) is 0 Å². The summed E-state index contributed by atoms with van der Waals surface area (Å²) in [5.41, 5.74) is 0.868. The van der Waals surface area contributed by atoms with Crippen LogP contribution in [0.15, 0.2) is 59.8 Å². The molecule has 3 aromatic rings. The molecule has 4 heterocycles. The molecule has 1 aromatic carbocycles. The van der Waals surface area contributed by atoms with Crippen molar-refractivity contribution in [2.45, 2.75) is 43.5 Å². The Bertz CT molecular complexity index is 1270. The molecule has 2 aliphatic rings. The second-order valence-corrected chi connectivity index (χ2v) is 11.4. The molecule has 9 heteroatoms. The molecule has 1 amide bonds. The largest absolute Gasteiger partial charge is 0.353 e. The summed E-state index contributed by atoms with van der Waals surface area (Å²) in [5.74, 6) is 1.01. The number of carbonyl (C=O) groups excluding carboxylic acids is 1. The molecule has 0 radical (unpaired) electrons. The smallest absolute Gasteiger partial charge is 0.245 e. The molecule has 2 aliphatic heterocycles. The third-order valence-electron chi connectivity index (χ3n) is 7.23. The van der Waals surface area contributed by atoms with Crippen molar-refractivity contribution in [1.82, 2.24) is 18.8 Å². The molecule has 0 spiro atoms. The number of pyridine rings is 1. The standard InChI is InChI=1S/C26H33N5O3S/c1-21(26(32)29-18-16-28(17-19-29)25-8-4-5-12-27-25)31-15-11-22-20-23(9-10-24(22)31)35(33,34)30-13-6-2-3-7-14-30/h4-5,8-12,15,20-21H,2-3,6-7,13-14,16-19H2,1H3/t21-/m1/s1. The van der Waals surface area contributed by atoms with E-state index in [0.717, 1.165) is 55.5 Å². The van der Waals surface area contributed by atoms with Gasteiger partial charge in [-0.3, -0.25) is 4.79 Å². The van der Waals surface area contributed by atoms with E-state index in [1.807, 2.05) is 52.9 Å². The van der Waals surface area contributed by atoms with Crippen LogP contribution in [0.5, 0.6) is 0 Å². The van der Waals surface area contributed by atoms with Crippen molar-refractivity contribution in [3.63, 3.8) is 0 Å². The van der Waals surface area contributed by atoms with Crippen molar-refractivity contribution in [2.24, 2.45) is 0 Å². The van der Waals surface area contributed by atoms with Crippen LogP contribution in [0.4, 0.5) is 5.82 Å². The summed E-state index contributed by atoms with van der Waals surface area (Å²) in [6, 6.07) is 12.7. The number of hydrogen-bond donors (Lipinski definition) is 0. The van der Waals surface area contributed by atoms with Crippen LogP contribution in [0.2, 0.25) is 0 Å². The van der Waals surface area contributed by atoms with E-state index in [2.05, 4.69) is 9.88 Å². The molecule has 0 bridgehead atoms. The normalized spacial score (nSPS) is 19.0. The van der Waals surface area contributed by atoms with E-state index in [9.17, 15) is 13.2 Å². The van der Waals surface area contributed by atoms with E-state index >= 15 is 0 Å². The molecule has 0 saturated carbocycles. The fourth-order valence-corrected chi connectivity index (χ4v) is 6.70. The van der Waals surface area contributed by atoms with E-state index in [4.69, 9.17) is 0 Å². The molecule has 0 N–H and O–H groups in total. The quantitative estimate of drug-likeness (QED) is 0.541. The van der Waals surface area contributed by atoms with Crippen LogP contribution in [0, 0.1) is 0 Å². The minimum absolute atomic E-state index is 0.0736. The zero-order valence-corrected chi connectivity index (χ0v) is 21.0. The number of aromatic nitrogens is 2. The number of sulfonamides is 1. The maximum atomic E-state index is 13.3. The Morgan fingerprint density at radius 2 is 1.66 bits per heavy atom. The van der Waals surface area contributed by atoms with Gasteiger partial charge in [0.1, 0.15) is 11.9 Å². The first-order valence-electron chi connectivity index (χ1n) is 12.5. The van der Waals surface area contributed by atoms with Crippen LogP contribution < -0.4 is 4.90 Å². The third-order valence-corrected chi connectivity index (χ3v) is 9.13. The Morgan fingerprint density at radius 1 is 0.914 bits per heavy atom. The summed E-state index contributed by atoms with van der Waals surface area (Å²) in [5, 5.41) is 0.834. The predicted octanol–water partition coefficient (Wildman–Crippen LogP) is 3.51. The van der Waals surface area contributed by atoms with Crippen LogP contribution in [0.3, 0.4) is 0 Å². The van der Waals surface area contributed by atoms with Crippen molar-refractivity contribution in [2.75, 3.05) is 44.2 Å². The van der Waals surface area contributed by atoms with Gasteiger partial charge in [-0.05, 0) is 56.2 Å². The van der Waals surface area contributed by atoms with Gasteiger partial charge in [0, 0.05) is 62.6 Å². The minimum atomic E-state index is -3.51. The van der Waals surface area contributed by atoms with Gasteiger partial charge < -0.3 is 14.4 Å². The van der Waals surface area contributed by atoms with E-state index < -0.39 is 10.0 Å². The number of hydrogen-bond acceptors (Lipinski definition) is 5. The average molecular weight is 496 g/mol. The van der Waals surface area contributed by atoms with Gasteiger partial charge in [0.25, 0.3) is 0 Å². The number of nitrogens with zero attached hydrogens (tertiary/aromatic N) is 5. The highest BCUT2D eigenvalue weighted by Gasteiger charge is 2.28. The van der Waals surface area contributed by atoms with E-state index in [0.29, 0.717) is 31.1 Å². The number of fused-ring (bicyclic) bond motifs is 1. The van der Waals surface area contributed by atoms with Crippen LogP contribution in [-0.2, 0) is 14.8 Å². The first-order valence-corrected chi connectivity index (χ1v) is 13.9. The van der Waals surface area contributed by atoms with Gasteiger partial charge in [0.05, 0.1) is 4.90 Å². The molecule has 5 rings (SSSR count). The van der Waals surface area contributed by atoms with Gasteiger partial charge in [-0.25, -0.2) is 13.4 Å². The lowest BCUT2D eigenvalue weighted by Gasteiger charge is -2.36. The molecule has 2 aromatic heterocycles. The van der Waals surface area contributed by atoms with Gasteiger partial charge in [0.2, 0.25) is 15.9 Å². The topological polar surface area (TPSA) is 78.8 Å². The van der Waals surface area contributed by atoms with Gasteiger partial charge in [-0.1, -0.05) is 18.9 Å². The monoisotopic (exact) mass is 495 g/mol. The van der Waals surface area contributed by atoms with Crippen molar-refractivity contribution >= 4 is 32.7 Å². The highest BCUT2D eigenvalue weighted by Crippen LogP contribution is 2.27. The summed E-state index contributed by atoms with van der Waals surface area (Å²) in [6.07, 6.45) is 7.66. The van der Waals surface area contributed by atoms with Gasteiger partial charge in [-0.2, -0.15) is 4.31 Å². The third kappa shape index (κ3) is 4.79. The van der Waals surface area contributed by atoms with E-state index in [-0.39, 0.29) is 11.9 Å². The zero-order valence-electron chi connectivity index (χ0n) is 20.2. The lowest BCUT2D eigenvalue weighted by molar-refractivity contribution is -0.134. The summed E-state index contributed by atoms with van der Waals surface area (Å²) in [6.45, 7) is 5.88. The van der Waals surface area contributed by atoms with Crippen LogP contribution >= 0.6 is 0 Å². The summed E-state index contributed by atoms with van der Waals surface area (Å²) >= 11 is 0. The van der Waals surface area contributed by atoms with E-state index in [1.54, 1.807) is 22.6 Å². The summed E-state index contributed by atoms with van der Waals surface area (Å²) in [7, 11) is -3.51. The van der Waals surface area contributed by atoms with Gasteiger partial charge in [-0.15, -0.1) is 0 Å². The fraction of sp³-hybridized carbons (Fsp3) is 0.462.